The summed E-state index contributed by atoms with van der Waals surface area (Å²) < 4.78 is 0. The van der Waals surface area contributed by atoms with Gasteiger partial charge in [0.15, 0.2) is 0 Å². The third kappa shape index (κ3) is 8.11. The lowest BCUT2D eigenvalue weighted by Crippen LogP contribution is -2.49. The monoisotopic (exact) mass is 375 g/mol. The summed E-state index contributed by atoms with van der Waals surface area (Å²) in [6, 6.07) is 9.48. The molecule has 0 heterocycles. The van der Waals surface area contributed by atoms with Crippen molar-refractivity contribution in [2.45, 2.75) is 70.0 Å². The third-order valence-electron chi connectivity index (χ3n) is 4.84. The number of carboxylic acids is 1. The van der Waals surface area contributed by atoms with Gasteiger partial charge in [0.2, 0.25) is 5.91 Å². The quantitative estimate of drug-likeness (QED) is 0.559. The van der Waals surface area contributed by atoms with Crippen LogP contribution in [0.4, 0.5) is 4.79 Å². The fraction of sp³-hybridized carbons (Fsp3) is 0.550. The predicted octanol–water partition coefficient (Wildman–Crippen LogP) is 2.21. The van der Waals surface area contributed by atoms with E-state index in [0.29, 0.717) is 12.8 Å². The highest BCUT2D eigenvalue weighted by Crippen LogP contribution is 2.18. The van der Waals surface area contributed by atoms with Gasteiger partial charge in [-0.05, 0) is 44.1 Å². The van der Waals surface area contributed by atoms with Gasteiger partial charge in [-0.25, -0.2) is 4.79 Å². The second-order valence-corrected chi connectivity index (χ2v) is 7.19. The van der Waals surface area contributed by atoms with Crippen LogP contribution in [0.25, 0.3) is 0 Å². The summed E-state index contributed by atoms with van der Waals surface area (Å²) in [4.78, 5) is 34.4. The van der Waals surface area contributed by atoms with Crippen LogP contribution in [0.5, 0.6) is 0 Å². The topological polar surface area (TPSA) is 108 Å². The molecule has 7 heteroatoms. The third-order valence-corrected chi connectivity index (χ3v) is 4.84. The summed E-state index contributed by atoms with van der Waals surface area (Å²) in [5, 5.41) is 17.8. The highest BCUT2D eigenvalue weighted by atomic mass is 16.4. The molecule has 1 aliphatic rings. The number of amides is 3. The van der Waals surface area contributed by atoms with Crippen LogP contribution in [0.2, 0.25) is 0 Å². The van der Waals surface area contributed by atoms with Crippen molar-refractivity contribution in [3.05, 3.63) is 35.9 Å². The number of carbonyl (C=O) groups excluding carboxylic acids is 2. The number of nitrogens with one attached hydrogen (secondary N) is 3. The van der Waals surface area contributed by atoms with Crippen LogP contribution >= 0.6 is 0 Å². The van der Waals surface area contributed by atoms with Crippen LogP contribution in [0, 0.1) is 0 Å². The first-order chi connectivity index (χ1) is 12.9. The zero-order valence-corrected chi connectivity index (χ0v) is 15.7. The summed E-state index contributed by atoms with van der Waals surface area (Å²) in [5.41, 5.74) is 1.06. The molecule has 7 nitrogen and oxygen atoms in total. The molecule has 1 aromatic carbocycles. The maximum absolute atomic E-state index is 12.4. The van der Waals surface area contributed by atoms with Crippen molar-refractivity contribution in [1.29, 1.82) is 0 Å². The van der Waals surface area contributed by atoms with E-state index in [2.05, 4.69) is 16.0 Å². The maximum Gasteiger partial charge on any atom is 0.315 e. The Hall–Kier alpha value is -2.57. The SMILES string of the molecule is CC(=O)NC1CCC(NC(=O)NC(CCC(=O)O)Cc2ccccc2)CC1. The minimum absolute atomic E-state index is 0.0135. The molecule has 1 aromatic rings. The van der Waals surface area contributed by atoms with Crippen molar-refractivity contribution in [1.82, 2.24) is 16.0 Å². The molecule has 0 saturated heterocycles. The molecule has 2 rings (SSSR count). The molecule has 27 heavy (non-hydrogen) atoms. The Kier molecular flexibility index (Phi) is 8.10. The van der Waals surface area contributed by atoms with Gasteiger partial charge < -0.3 is 21.1 Å². The van der Waals surface area contributed by atoms with Gasteiger partial charge in [-0.2, -0.15) is 0 Å². The van der Waals surface area contributed by atoms with Gasteiger partial charge in [0.25, 0.3) is 0 Å². The van der Waals surface area contributed by atoms with E-state index in [1.807, 2.05) is 30.3 Å². The number of aliphatic carboxylic acids is 1. The molecule has 0 radical (unpaired) electrons. The fourth-order valence-electron chi connectivity index (χ4n) is 3.50. The number of benzene rings is 1. The Morgan fingerprint density at radius 2 is 1.63 bits per heavy atom. The molecule has 4 N–H and O–H groups in total. The van der Waals surface area contributed by atoms with Crippen LogP contribution in [0.1, 0.15) is 51.0 Å². The lowest BCUT2D eigenvalue weighted by molar-refractivity contribution is -0.137. The Morgan fingerprint density at radius 1 is 1.04 bits per heavy atom. The minimum Gasteiger partial charge on any atom is -0.481 e. The highest BCUT2D eigenvalue weighted by Gasteiger charge is 2.23. The van der Waals surface area contributed by atoms with Gasteiger partial charge in [0.05, 0.1) is 0 Å². The van der Waals surface area contributed by atoms with Crippen LogP contribution < -0.4 is 16.0 Å². The van der Waals surface area contributed by atoms with Crippen molar-refractivity contribution in [3.63, 3.8) is 0 Å². The average molecular weight is 375 g/mol. The van der Waals surface area contributed by atoms with E-state index in [0.717, 1.165) is 31.2 Å². The van der Waals surface area contributed by atoms with Crippen LogP contribution in [0.15, 0.2) is 30.3 Å². The summed E-state index contributed by atoms with van der Waals surface area (Å²) in [6.07, 6.45) is 4.31. The summed E-state index contributed by atoms with van der Waals surface area (Å²) in [7, 11) is 0. The van der Waals surface area contributed by atoms with Crippen LogP contribution in [-0.2, 0) is 16.0 Å². The number of carbonyl (C=O) groups is 3. The number of rotatable bonds is 8. The van der Waals surface area contributed by atoms with Gasteiger partial charge in [-0.1, -0.05) is 30.3 Å². The Labute approximate surface area is 159 Å². The van der Waals surface area contributed by atoms with Crippen LogP contribution in [-0.4, -0.2) is 41.1 Å². The lowest BCUT2D eigenvalue weighted by atomic mass is 9.91. The Bertz CT molecular complexity index is 627. The lowest BCUT2D eigenvalue weighted by Gasteiger charge is -2.30. The minimum atomic E-state index is -0.869. The largest absolute Gasteiger partial charge is 0.481 e. The van der Waals surface area contributed by atoms with Gasteiger partial charge in [-0.3, -0.25) is 9.59 Å². The maximum atomic E-state index is 12.4. The molecule has 1 unspecified atom stereocenters. The normalized spacial score (nSPS) is 20.3. The van der Waals surface area contributed by atoms with Gasteiger partial charge in [-0.15, -0.1) is 0 Å². The van der Waals surface area contributed by atoms with Gasteiger partial charge in [0, 0.05) is 31.5 Å². The average Bonchev–Trinajstić information content (AvgIpc) is 2.62. The van der Waals surface area contributed by atoms with E-state index in [9.17, 15) is 14.4 Å². The summed E-state index contributed by atoms with van der Waals surface area (Å²) >= 11 is 0. The number of hydrogen-bond acceptors (Lipinski definition) is 3. The molecule has 3 amide bonds. The van der Waals surface area contributed by atoms with Crippen molar-refractivity contribution in [2.75, 3.05) is 0 Å². The van der Waals surface area contributed by atoms with Crippen molar-refractivity contribution in [2.24, 2.45) is 0 Å². The van der Waals surface area contributed by atoms with Crippen molar-refractivity contribution >= 4 is 17.9 Å². The summed E-state index contributed by atoms with van der Waals surface area (Å²) in [5.74, 6) is -0.891. The molecule has 1 aliphatic carbocycles. The van der Waals surface area contributed by atoms with Crippen LogP contribution in [0.3, 0.4) is 0 Å². The number of hydrogen-bond donors (Lipinski definition) is 4. The first-order valence-electron chi connectivity index (χ1n) is 9.52. The van der Waals surface area contributed by atoms with Crippen molar-refractivity contribution < 1.29 is 19.5 Å². The van der Waals surface area contributed by atoms with E-state index in [1.165, 1.54) is 6.92 Å². The smallest absolute Gasteiger partial charge is 0.315 e. The molecular formula is C20H29N3O4. The van der Waals surface area contributed by atoms with E-state index >= 15 is 0 Å². The number of urea groups is 1. The summed E-state index contributed by atoms with van der Waals surface area (Å²) in [6.45, 7) is 1.52. The van der Waals surface area contributed by atoms with Gasteiger partial charge in [0.1, 0.15) is 0 Å². The molecule has 1 fully saturated rings. The number of carboxylic acid groups (broad SMARTS) is 1. The molecule has 0 bridgehead atoms. The van der Waals surface area contributed by atoms with Crippen molar-refractivity contribution in [3.8, 4) is 0 Å². The predicted molar refractivity (Wildman–Crippen MR) is 102 cm³/mol. The fourth-order valence-corrected chi connectivity index (χ4v) is 3.50. The molecule has 1 atom stereocenters. The standard InChI is InChI=1S/C20H29N3O4/c1-14(24)21-16-7-9-17(10-8-16)22-20(27)23-18(11-12-19(25)26)13-15-5-3-2-4-6-15/h2-6,16-18H,7-13H2,1H3,(H,21,24)(H,25,26)(H2,22,23,27). The first kappa shape index (κ1) is 20.7. The Morgan fingerprint density at radius 3 is 2.19 bits per heavy atom. The van der Waals surface area contributed by atoms with E-state index in [4.69, 9.17) is 5.11 Å². The zero-order valence-electron chi connectivity index (χ0n) is 15.7. The Balaban J connectivity index is 1.82. The highest BCUT2D eigenvalue weighted by molar-refractivity contribution is 5.75. The molecule has 1 saturated carbocycles. The van der Waals surface area contributed by atoms with E-state index in [1.54, 1.807) is 0 Å². The first-order valence-corrected chi connectivity index (χ1v) is 9.52. The molecule has 0 spiro atoms. The molecule has 0 aliphatic heterocycles. The molecular weight excluding hydrogens is 346 g/mol. The second kappa shape index (κ2) is 10.5. The molecule has 148 valence electrons. The zero-order chi connectivity index (χ0) is 19.6. The second-order valence-electron chi connectivity index (χ2n) is 7.19. The molecule has 0 aromatic heterocycles. The van der Waals surface area contributed by atoms with E-state index in [-0.39, 0.29) is 36.5 Å². The van der Waals surface area contributed by atoms with Gasteiger partial charge >= 0.3 is 12.0 Å². The van der Waals surface area contributed by atoms with E-state index < -0.39 is 5.97 Å².